The molecule has 1 aliphatic carbocycles. The molecule has 2 aliphatic rings. The summed E-state index contributed by atoms with van der Waals surface area (Å²) in [6.07, 6.45) is 2.75. The van der Waals surface area contributed by atoms with Gasteiger partial charge in [0.25, 0.3) is 0 Å². The van der Waals surface area contributed by atoms with Crippen molar-refractivity contribution < 1.29 is 4.74 Å². The first-order valence-corrected chi connectivity index (χ1v) is 7.92. The summed E-state index contributed by atoms with van der Waals surface area (Å²) in [5.74, 6) is 4.49. The van der Waals surface area contributed by atoms with Gasteiger partial charge < -0.3 is 15.0 Å². The highest BCUT2D eigenvalue weighted by atomic mass is 16.5. The van der Waals surface area contributed by atoms with E-state index < -0.39 is 0 Å². The van der Waals surface area contributed by atoms with Crippen LogP contribution in [-0.4, -0.2) is 25.1 Å². The average Bonchev–Trinajstić information content (AvgIpc) is 2.96. The highest BCUT2D eigenvalue weighted by Crippen LogP contribution is 2.42. The molecule has 2 atom stereocenters. The minimum atomic E-state index is 0.859. The van der Waals surface area contributed by atoms with Crippen LogP contribution in [0.15, 0.2) is 30.6 Å². The molecule has 1 saturated heterocycles. The Hall–Kier alpha value is -1.64. The van der Waals surface area contributed by atoms with Crippen molar-refractivity contribution in [2.24, 2.45) is 17.8 Å². The van der Waals surface area contributed by atoms with Gasteiger partial charge >= 0.3 is 0 Å². The summed E-state index contributed by atoms with van der Waals surface area (Å²) in [5, 5.41) is 3.45. The van der Waals surface area contributed by atoms with E-state index in [1.165, 1.54) is 18.4 Å². The quantitative estimate of drug-likeness (QED) is 0.909. The van der Waals surface area contributed by atoms with Crippen molar-refractivity contribution in [2.75, 3.05) is 25.5 Å². The molecule has 1 aliphatic heterocycles. The zero-order valence-electron chi connectivity index (χ0n) is 13.4. The maximum Gasteiger partial charge on any atom is 0.142 e. The molecule has 114 valence electrons. The molecule has 0 spiro atoms. The van der Waals surface area contributed by atoms with Crippen molar-refractivity contribution in [3.63, 3.8) is 0 Å². The average molecular weight is 286 g/mol. The number of methoxy groups -OCH3 is 1. The number of hydrogen-bond acceptors (Lipinski definition) is 3. The number of hydrogen-bond donors (Lipinski definition) is 1. The Balaban J connectivity index is 1.66. The van der Waals surface area contributed by atoms with Gasteiger partial charge in [-0.3, -0.25) is 0 Å². The molecule has 0 amide bonds. The van der Waals surface area contributed by atoms with E-state index in [0.29, 0.717) is 0 Å². The van der Waals surface area contributed by atoms with Crippen LogP contribution in [0.3, 0.4) is 0 Å². The monoisotopic (exact) mass is 286 g/mol. The highest BCUT2D eigenvalue weighted by Gasteiger charge is 2.39. The molecule has 0 aromatic heterocycles. The molecule has 0 bridgehead atoms. The number of benzene rings is 1. The molecule has 1 heterocycles. The van der Waals surface area contributed by atoms with E-state index in [0.717, 1.165) is 48.1 Å². The number of nitrogens with one attached hydrogen (secondary N) is 1. The first-order chi connectivity index (χ1) is 10.1. The Morgan fingerprint density at radius 1 is 1.29 bits per heavy atom. The van der Waals surface area contributed by atoms with Crippen LogP contribution in [0.2, 0.25) is 0 Å². The largest absolute Gasteiger partial charge is 0.495 e. The minimum absolute atomic E-state index is 0.859. The highest BCUT2D eigenvalue weighted by molar-refractivity contribution is 5.60. The van der Waals surface area contributed by atoms with Crippen LogP contribution < -0.4 is 10.1 Å². The summed E-state index contributed by atoms with van der Waals surface area (Å²) >= 11 is 0. The molecule has 3 nitrogen and oxygen atoms in total. The molecule has 3 heteroatoms. The van der Waals surface area contributed by atoms with Crippen molar-refractivity contribution in [1.29, 1.82) is 0 Å². The third-order valence-corrected chi connectivity index (χ3v) is 5.00. The van der Waals surface area contributed by atoms with Gasteiger partial charge in [-0.05, 0) is 55.2 Å². The Kier molecular flexibility index (Phi) is 3.83. The van der Waals surface area contributed by atoms with Gasteiger partial charge in [-0.25, -0.2) is 0 Å². The summed E-state index contributed by atoms with van der Waals surface area (Å²) < 4.78 is 5.43. The molecular weight excluding hydrogens is 260 g/mol. The molecule has 2 unspecified atom stereocenters. The summed E-state index contributed by atoms with van der Waals surface area (Å²) in [6.45, 7) is 11.0. The normalized spacial score (nSPS) is 27.6. The van der Waals surface area contributed by atoms with E-state index in [1.54, 1.807) is 7.11 Å². The van der Waals surface area contributed by atoms with Crippen molar-refractivity contribution in [3.05, 3.63) is 36.2 Å². The summed E-state index contributed by atoms with van der Waals surface area (Å²) in [6, 6.07) is 6.18. The van der Waals surface area contributed by atoms with Crippen LogP contribution in [0.1, 0.15) is 25.3 Å². The number of nitrogens with zero attached hydrogens (tertiary/aromatic N) is 1. The Bertz CT molecular complexity index is 526. The fraction of sp³-hybridized carbons (Fsp3) is 0.556. The van der Waals surface area contributed by atoms with Gasteiger partial charge in [0.1, 0.15) is 5.75 Å². The topological polar surface area (TPSA) is 24.5 Å². The van der Waals surface area contributed by atoms with Crippen LogP contribution in [0, 0.1) is 24.7 Å². The predicted molar refractivity (Wildman–Crippen MR) is 87.4 cm³/mol. The second-order valence-electron chi connectivity index (χ2n) is 6.78. The molecule has 21 heavy (non-hydrogen) atoms. The van der Waals surface area contributed by atoms with Gasteiger partial charge in [0.2, 0.25) is 0 Å². The number of fused-ring (bicyclic) bond motifs is 1. The number of ether oxygens (including phenoxy) is 1. The lowest BCUT2D eigenvalue weighted by atomic mass is 10.0. The lowest BCUT2D eigenvalue weighted by Gasteiger charge is -2.24. The molecule has 2 fully saturated rings. The van der Waals surface area contributed by atoms with Gasteiger partial charge in [-0.1, -0.05) is 19.6 Å². The SMILES string of the molecule is C=C(Nc1cc(C)ccc1OC)N1CC2CC(C)CC2C1. The summed E-state index contributed by atoms with van der Waals surface area (Å²) in [5.41, 5.74) is 2.23. The van der Waals surface area contributed by atoms with Crippen LogP contribution >= 0.6 is 0 Å². The number of rotatable bonds is 4. The van der Waals surface area contributed by atoms with Crippen molar-refractivity contribution in [2.45, 2.75) is 26.7 Å². The van der Waals surface area contributed by atoms with E-state index in [-0.39, 0.29) is 0 Å². The van der Waals surface area contributed by atoms with E-state index >= 15 is 0 Å². The number of anilines is 1. The van der Waals surface area contributed by atoms with Crippen LogP contribution in [0.5, 0.6) is 5.75 Å². The zero-order chi connectivity index (χ0) is 15.0. The number of likely N-dealkylation sites (tertiary alicyclic amines) is 1. The Morgan fingerprint density at radius 2 is 1.95 bits per heavy atom. The smallest absolute Gasteiger partial charge is 0.142 e. The molecule has 1 aromatic rings. The maximum atomic E-state index is 5.43. The van der Waals surface area contributed by atoms with E-state index in [2.05, 4.69) is 42.8 Å². The van der Waals surface area contributed by atoms with Crippen molar-refractivity contribution in [3.8, 4) is 5.75 Å². The fourth-order valence-corrected chi connectivity index (χ4v) is 3.98. The van der Waals surface area contributed by atoms with Gasteiger partial charge in [0.05, 0.1) is 18.6 Å². The fourth-order valence-electron chi connectivity index (χ4n) is 3.98. The second kappa shape index (κ2) is 5.63. The van der Waals surface area contributed by atoms with E-state index in [1.807, 2.05) is 6.07 Å². The minimum Gasteiger partial charge on any atom is -0.495 e. The first-order valence-electron chi connectivity index (χ1n) is 7.92. The second-order valence-corrected chi connectivity index (χ2v) is 6.78. The lowest BCUT2D eigenvalue weighted by molar-refractivity contribution is 0.371. The molecule has 0 radical (unpaired) electrons. The van der Waals surface area contributed by atoms with Gasteiger partial charge in [0.15, 0.2) is 0 Å². The first kappa shape index (κ1) is 14.3. The Morgan fingerprint density at radius 3 is 2.57 bits per heavy atom. The Labute approximate surface area is 128 Å². The summed E-state index contributed by atoms with van der Waals surface area (Å²) in [7, 11) is 1.71. The number of aryl methyl sites for hydroxylation is 1. The molecule has 1 saturated carbocycles. The maximum absolute atomic E-state index is 5.43. The predicted octanol–water partition coefficient (Wildman–Crippen LogP) is 3.86. The van der Waals surface area contributed by atoms with Crippen molar-refractivity contribution >= 4 is 5.69 Å². The molecule has 1 aromatic carbocycles. The van der Waals surface area contributed by atoms with E-state index in [9.17, 15) is 0 Å². The summed E-state index contributed by atoms with van der Waals surface area (Å²) in [4.78, 5) is 2.41. The molecular formula is C18H26N2O. The molecule has 3 rings (SSSR count). The van der Waals surface area contributed by atoms with Crippen molar-refractivity contribution in [1.82, 2.24) is 4.90 Å². The van der Waals surface area contributed by atoms with Crippen LogP contribution in [0.4, 0.5) is 5.69 Å². The van der Waals surface area contributed by atoms with Crippen LogP contribution in [-0.2, 0) is 0 Å². The van der Waals surface area contributed by atoms with Gasteiger partial charge in [0, 0.05) is 13.1 Å². The lowest BCUT2D eigenvalue weighted by Crippen LogP contribution is -2.25. The van der Waals surface area contributed by atoms with Gasteiger partial charge in [-0.2, -0.15) is 0 Å². The molecule has 1 N–H and O–H groups in total. The van der Waals surface area contributed by atoms with Crippen LogP contribution in [0.25, 0.3) is 0 Å². The third-order valence-electron chi connectivity index (χ3n) is 5.00. The zero-order valence-corrected chi connectivity index (χ0v) is 13.4. The van der Waals surface area contributed by atoms with E-state index in [4.69, 9.17) is 4.74 Å². The standard InChI is InChI=1S/C18H26N2O/c1-12-5-6-18(21-4)17(9-12)19-14(3)20-10-15-7-13(2)8-16(15)11-20/h5-6,9,13,15-16,19H,3,7-8,10-11H2,1-2,4H3. The third kappa shape index (κ3) is 2.87. The van der Waals surface area contributed by atoms with Gasteiger partial charge in [-0.15, -0.1) is 0 Å².